The van der Waals surface area contributed by atoms with Crippen LogP contribution in [-0.2, 0) is 11.3 Å². The van der Waals surface area contributed by atoms with E-state index in [1.54, 1.807) is 7.11 Å². The lowest BCUT2D eigenvalue weighted by Gasteiger charge is -2.17. The van der Waals surface area contributed by atoms with Gasteiger partial charge >= 0.3 is 0 Å². The molecule has 0 aliphatic heterocycles. The second-order valence-corrected chi connectivity index (χ2v) is 5.22. The van der Waals surface area contributed by atoms with Gasteiger partial charge in [0, 0.05) is 12.6 Å². The fraction of sp³-hybridized carbons (Fsp3) is 0.562. The van der Waals surface area contributed by atoms with Crippen molar-refractivity contribution in [2.75, 3.05) is 7.11 Å². The Morgan fingerprint density at radius 2 is 2.05 bits per heavy atom. The van der Waals surface area contributed by atoms with Crippen LogP contribution in [-0.4, -0.2) is 25.1 Å². The number of aryl methyl sites for hydroxylation is 1. The first-order chi connectivity index (χ1) is 9.47. The van der Waals surface area contributed by atoms with Crippen LogP contribution in [0, 0.1) is 6.92 Å². The van der Waals surface area contributed by atoms with Gasteiger partial charge in [-0.2, -0.15) is 0 Å². The normalized spacial score (nSPS) is 13.7. The van der Waals surface area contributed by atoms with Crippen LogP contribution in [0.3, 0.4) is 0 Å². The Bertz CT molecular complexity index is 446. The SMILES string of the molecule is CCC(C)NC(=O)C(C)NCc1ccc(C)c(OC)c1. The van der Waals surface area contributed by atoms with E-state index in [1.165, 1.54) is 0 Å². The number of methoxy groups -OCH3 is 1. The van der Waals surface area contributed by atoms with E-state index in [4.69, 9.17) is 4.74 Å². The van der Waals surface area contributed by atoms with Crippen molar-refractivity contribution in [2.24, 2.45) is 0 Å². The summed E-state index contributed by atoms with van der Waals surface area (Å²) in [7, 11) is 1.67. The third-order valence-electron chi connectivity index (χ3n) is 3.48. The van der Waals surface area contributed by atoms with E-state index in [0.29, 0.717) is 6.54 Å². The fourth-order valence-electron chi connectivity index (χ4n) is 1.81. The molecule has 112 valence electrons. The van der Waals surface area contributed by atoms with Crippen molar-refractivity contribution in [3.8, 4) is 5.75 Å². The number of rotatable bonds is 7. The number of carbonyl (C=O) groups is 1. The van der Waals surface area contributed by atoms with Crippen LogP contribution in [0.4, 0.5) is 0 Å². The van der Waals surface area contributed by atoms with Gasteiger partial charge in [-0.1, -0.05) is 19.1 Å². The highest BCUT2D eigenvalue weighted by Gasteiger charge is 2.13. The monoisotopic (exact) mass is 278 g/mol. The van der Waals surface area contributed by atoms with Crippen LogP contribution >= 0.6 is 0 Å². The molecule has 1 rings (SSSR count). The molecule has 20 heavy (non-hydrogen) atoms. The minimum Gasteiger partial charge on any atom is -0.496 e. The van der Waals surface area contributed by atoms with Crippen LogP contribution in [0.25, 0.3) is 0 Å². The van der Waals surface area contributed by atoms with Gasteiger partial charge in [0.1, 0.15) is 5.75 Å². The zero-order chi connectivity index (χ0) is 15.1. The number of carbonyl (C=O) groups excluding carboxylic acids is 1. The summed E-state index contributed by atoms with van der Waals surface area (Å²) in [6.45, 7) is 8.60. The highest BCUT2D eigenvalue weighted by molar-refractivity contribution is 5.81. The van der Waals surface area contributed by atoms with E-state index in [9.17, 15) is 4.79 Å². The van der Waals surface area contributed by atoms with Gasteiger partial charge in [0.2, 0.25) is 5.91 Å². The summed E-state index contributed by atoms with van der Waals surface area (Å²) < 4.78 is 5.30. The minimum atomic E-state index is -0.212. The lowest BCUT2D eigenvalue weighted by molar-refractivity contribution is -0.123. The highest BCUT2D eigenvalue weighted by Crippen LogP contribution is 2.18. The predicted octanol–water partition coefficient (Wildman–Crippen LogP) is 2.40. The van der Waals surface area contributed by atoms with E-state index < -0.39 is 0 Å². The Balaban J connectivity index is 2.52. The summed E-state index contributed by atoms with van der Waals surface area (Å²) in [5.74, 6) is 0.916. The first kappa shape index (κ1) is 16.5. The van der Waals surface area contributed by atoms with Crippen molar-refractivity contribution < 1.29 is 9.53 Å². The molecule has 0 spiro atoms. The fourth-order valence-corrected chi connectivity index (χ4v) is 1.81. The minimum absolute atomic E-state index is 0.0402. The van der Waals surface area contributed by atoms with Crippen molar-refractivity contribution in [2.45, 2.75) is 52.7 Å². The van der Waals surface area contributed by atoms with E-state index in [-0.39, 0.29) is 18.0 Å². The van der Waals surface area contributed by atoms with E-state index in [1.807, 2.05) is 39.0 Å². The maximum absolute atomic E-state index is 11.9. The highest BCUT2D eigenvalue weighted by atomic mass is 16.5. The first-order valence-electron chi connectivity index (χ1n) is 7.15. The number of ether oxygens (including phenoxy) is 1. The Hall–Kier alpha value is -1.55. The van der Waals surface area contributed by atoms with Crippen LogP contribution in [0.1, 0.15) is 38.3 Å². The van der Waals surface area contributed by atoms with Gasteiger partial charge in [-0.05, 0) is 44.4 Å². The van der Waals surface area contributed by atoms with Gasteiger partial charge in [0.25, 0.3) is 0 Å². The summed E-state index contributed by atoms with van der Waals surface area (Å²) in [5.41, 5.74) is 2.22. The van der Waals surface area contributed by atoms with Gasteiger partial charge in [-0.3, -0.25) is 4.79 Å². The van der Waals surface area contributed by atoms with E-state index >= 15 is 0 Å². The van der Waals surface area contributed by atoms with Gasteiger partial charge in [-0.15, -0.1) is 0 Å². The van der Waals surface area contributed by atoms with Crippen LogP contribution in [0.15, 0.2) is 18.2 Å². The third-order valence-corrected chi connectivity index (χ3v) is 3.48. The van der Waals surface area contributed by atoms with E-state index in [0.717, 1.165) is 23.3 Å². The maximum Gasteiger partial charge on any atom is 0.237 e. The first-order valence-corrected chi connectivity index (χ1v) is 7.15. The molecule has 0 aliphatic rings. The molecule has 2 N–H and O–H groups in total. The number of amides is 1. The molecule has 2 unspecified atom stereocenters. The van der Waals surface area contributed by atoms with Crippen molar-refractivity contribution in [1.29, 1.82) is 0 Å². The topological polar surface area (TPSA) is 50.4 Å². The van der Waals surface area contributed by atoms with E-state index in [2.05, 4.69) is 17.6 Å². The molecule has 0 fully saturated rings. The maximum atomic E-state index is 11.9. The van der Waals surface area contributed by atoms with Crippen molar-refractivity contribution >= 4 is 5.91 Å². The average molecular weight is 278 g/mol. The largest absolute Gasteiger partial charge is 0.496 e. The number of hydrogen-bond acceptors (Lipinski definition) is 3. The van der Waals surface area contributed by atoms with Crippen LogP contribution in [0.5, 0.6) is 5.75 Å². The molecule has 0 saturated carbocycles. The molecule has 2 atom stereocenters. The van der Waals surface area contributed by atoms with Crippen molar-refractivity contribution in [3.05, 3.63) is 29.3 Å². The standard InChI is InChI=1S/C16H26N2O2/c1-6-12(3)18-16(19)13(4)17-10-14-8-7-11(2)15(9-14)20-5/h7-9,12-13,17H,6,10H2,1-5H3,(H,18,19). The molecule has 0 aliphatic carbocycles. The predicted molar refractivity (Wildman–Crippen MR) is 81.9 cm³/mol. The molecule has 0 bridgehead atoms. The molecule has 0 aromatic heterocycles. The molecular formula is C16H26N2O2. The zero-order valence-corrected chi connectivity index (χ0v) is 13.1. The lowest BCUT2D eigenvalue weighted by atomic mass is 10.1. The van der Waals surface area contributed by atoms with Gasteiger partial charge in [-0.25, -0.2) is 0 Å². The number of nitrogens with one attached hydrogen (secondary N) is 2. The molecule has 0 heterocycles. The molecule has 1 aromatic rings. The smallest absolute Gasteiger partial charge is 0.237 e. The Labute approximate surface area is 121 Å². The summed E-state index contributed by atoms with van der Waals surface area (Å²) in [6, 6.07) is 6.08. The third kappa shape index (κ3) is 4.85. The van der Waals surface area contributed by atoms with Gasteiger partial charge in [0.15, 0.2) is 0 Å². The molecular weight excluding hydrogens is 252 g/mol. The second-order valence-electron chi connectivity index (χ2n) is 5.22. The van der Waals surface area contributed by atoms with Crippen LogP contribution < -0.4 is 15.4 Å². The number of hydrogen-bond donors (Lipinski definition) is 2. The number of benzene rings is 1. The Morgan fingerprint density at radius 1 is 1.35 bits per heavy atom. The second kappa shape index (κ2) is 7.90. The molecule has 4 heteroatoms. The quantitative estimate of drug-likeness (QED) is 0.805. The summed E-state index contributed by atoms with van der Waals surface area (Å²) in [6.07, 6.45) is 0.938. The van der Waals surface area contributed by atoms with Crippen molar-refractivity contribution in [1.82, 2.24) is 10.6 Å². The average Bonchev–Trinajstić information content (AvgIpc) is 2.45. The molecule has 0 saturated heterocycles. The molecule has 0 radical (unpaired) electrons. The summed E-state index contributed by atoms with van der Waals surface area (Å²) >= 11 is 0. The molecule has 4 nitrogen and oxygen atoms in total. The molecule has 1 aromatic carbocycles. The Kier molecular flexibility index (Phi) is 6.52. The lowest BCUT2D eigenvalue weighted by Crippen LogP contribution is -2.45. The van der Waals surface area contributed by atoms with Gasteiger partial charge in [0.05, 0.1) is 13.2 Å². The molecule has 1 amide bonds. The Morgan fingerprint density at radius 3 is 2.65 bits per heavy atom. The van der Waals surface area contributed by atoms with Gasteiger partial charge < -0.3 is 15.4 Å². The zero-order valence-electron chi connectivity index (χ0n) is 13.1. The van der Waals surface area contributed by atoms with Crippen LogP contribution in [0.2, 0.25) is 0 Å². The van der Waals surface area contributed by atoms with Crippen molar-refractivity contribution in [3.63, 3.8) is 0 Å². The summed E-state index contributed by atoms with van der Waals surface area (Å²) in [5, 5.41) is 6.20. The summed E-state index contributed by atoms with van der Waals surface area (Å²) in [4.78, 5) is 11.9.